The molecule has 0 spiro atoms. The third-order valence-electron chi connectivity index (χ3n) is 5.71. The van der Waals surface area contributed by atoms with Crippen LogP contribution >= 0.6 is 23.8 Å². The summed E-state index contributed by atoms with van der Waals surface area (Å²) in [6.07, 6.45) is -0.184. The zero-order chi connectivity index (χ0) is 23.9. The molecule has 0 saturated carbocycles. The monoisotopic (exact) mass is 494 g/mol. The number of morpholine rings is 1. The van der Waals surface area contributed by atoms with Crippen LogP contribution in [0.15, 0.2) is 78.9 Å². The lowest BCUT2D eigenvalue weighted by molar-refractivity contribution is -0.0289. The molecule has 0 radical (unpaired) electrons. The average Bonchev–Trinajstić information content (AvgIpc) is 2.87. The predicted molar refractivity (Wildman–Crippen MR) is 139 cm³/mol. The van der Waals surface area contributed by atoms with Crippen molar-refractivity contribution >= 4 is 34.7 Å². The highest BCUT2D eigenvalue weighted by atomic mass is 35.5. The van der Waals surface area contributed by atoms with Crippen molar-refractivity contribution < 1.29 is 14.3 Å². The van der Waals surface area contributed by atoms with Gasteiger partial charge in [0.25, 0.3) is 0 Å². The van der Waals surface area contributed by atoms with Crippen LogP contribution in [0.2, 0.25) is 5.02 Å². The van der Waals surface area contributed by atoms with E-state index in [4.69, 9.17) is 33.3 Å². The molecule has 4 rings (SSSR count). The Morgan fingerprint density at radius 2 is 1.76 bits per heavy atom. The molecular weight excluding hydrogens is 468 g/mol. The molecule has 1 N–H and O–H groups in total. The Bertz CT molecular complexity index is 1090. The number of hydrogen-bond donors (Lipinski definition) is 1. The molecule has 1 aliphatic rings. The molecule has 1 saturated heterocycles. The van der Waals surface area contributed by atoms with E-state index in [2.05, 4.69) is 34.5 Å². The maximum atomic E-state index is 11.9. The van der Waals surface area contributed by atoms with Gasteiger partial charge in [0.15, 0.2) is 10.9 Å². The molecule has 3 aromatic rings. The van der Waals surface area contributed by atoms with Gasteiger partial charge >= 0.3 is 0 Å². The first kappa shape index (κ1) is 24.2. The summed E-state index contributed by atoms with van der Waals surface area (Å²) in [5.74, 6) is 0.411. The van der Waals surface area contributed by atoms with Crippen molar-refractivity contribution in [3.63, 3.8) is 0 Å². The van der Waals surface area contributed by atoms with Crippen molar-refractivity contribution in [2.75, 3.05) is 26.3 Å². The van der Waals surface area contributed by atoms with Gasteiger partial charge in [-0.15, -0.1) is 0 Å². The summed E-state index contributed by atoms with van der Waals surface area (Å²) in [7, 11) is 0. The Balaban J connectivity index is 1.41. The van der Waals surface area contributed by atoms with Gasteiger partial charge in [0, 0.05) is 18.1 Å². The number of nitrogens with one attached hydrogen (secondary N) is 1. The highest BCUT2D eigenvalue weighted by Gasteiger charge is 2.25. The maximum absolute atomic E-state index is 11.9. The van der Waals surface area contributed by atoms with E-state index < -0.39 is 0 Å². The molecule has 5 nitrogen and oxygen atoms in total. The van der Waals surface area contributed by atoms with Gasteiger partial charge in [-0.05, 0) is 48.5 Å². The number of rotatable bonds is 7. The van der Waals surface area contributed by atoms with E-state index in [-0.39, 0.29) is 17.9 Å². The van der Waals surface area contributed by atoms with Gasteiger partial charge in [0.05, 0.1) is 18.2 Å². The Kier molecular flexibility index (Phi) is 8.16. The van der Waals surface area contributed by atoms with Gasteiger partial charge in [-0.1, -0.05) is 72.3 Å². The third kappa shape index (κ3) is 6.14. The Labute approximate surface area is 210 Å². The number of carbonyl (C=O) groups is 1. The SMILES string of the molecule is CC(=O)c1cc(Cl)ccc1OCC1CN(C(=S)NC(c2ccccc2)c2ccccc2)CCO1. The molecule has 1 heterocycles. The number of ether oxygens (including phenoxy) is 2. The molecule has 0 amide bonds. The van der Waals surface area contributed by atoms with Crippen LogP contribution in [0.5, 0.6) is 5.75 Å². The lowest BCUT2D eigenvalue weighted by Gasteiger charge is -2.36. The summed E-state index contributed by atoms with van der Waals surface area (Å²) < 4.78 is 11.9. The number of carbonyl (C=O) groups excluding carboxylic acids is 1. The highest BCUT2D eigenvalue weighted by Crippen LogP contribution is 2.25. The second-order valence-corrected chi connectivity index (χ2v) is 8.97. The molecule has 176 valence electrons. The first-order valence-corrected chi connectivity index (χ1v) is 12.0. The highest BCUT2D eigenvalue weighted by molar-refractivity contribution is 7.80. The minimum absolute atomic E-state index is 0.0559. The molecule has 3 aromatic carbocycles. The fraction of sp³-hybridized carbons (Fsp3) is 0.259. The van der Waals surface area contributed by atoms with E-state index in [0.29, 0.717) is 47.8 Å². The minimum atomic E-state index is -0.184. The number of ketones is 1. The molecule has 34 heavy (non-hydrogen) atoms. The second kappa shape index (κ2) is 11.5. The Morgan fingerprint density at radius 1 is 1.12 bits per heavy atom. The van der Waals surface area contributed by atoms with E-state index in [1.54, 1.807) is 18.2 Å². The number of thiocarbonyl (C=S) groups is 1. The summed E-state index contributed by atoms with van der Waals surface area (Å²) in [5.41, 5.74) is 2.75. The van der Waals surface area contributed by atoms with E-state index in [1.165, 1.54) is 6.92 Å². The van der Waals surface area contributed by atoms with Crippen LogP contribution in [0.4, 0.5) is 0 Å². The molecule has 0 bridgehead atoms. The van der Waals surface area contributed by atoms with Crippen molar-refractivity contribution in [2.45, 2.75) is 19.1 Å². The van der Waals surface area contributed by atoms with Crippen LogP contribution in [-0.4, -0.2) is 48.2 Å². The summed E-state index contributed by atoms with van der Waals surface area (Å²) in [6.45, 7) is 3.62. The quantitative estimate of drug-likeness (QED) is 0.356. The molecule has 1 aliphatic heterocycles. The Morgan fingerprint density at radius 3 is 2.38 bits per heavy atom. The average molecular weight is 495 g/mol. The first-order chi connectivity index (χ1) is 16.5. The van der Waals surface area contributed by atoms with Gasteiger partial charge < -0.3 is 19.7 Å². The van der Waals surface area contributed by atoms with Crippen LogP contribution in [0.1, 0.15) is 34.5 Å². The predicted octanol–water partition coefficient (Wildman–Crippen LogP) is 5.29. The van der Waals surface area contributed by atoms with Crippen molar-refractivity contribution in [1.29, 1.82) is 0 Å². The van der Waals surface area contributed by atoms with Crippen LogP contribution in [0.3, 0.4) is 0 Å². The largest absolute Gasteiger partial charge is 0.490 e. The van der Waals surface area contributed by atoms with Crippen LogP contribution in [-0.2, 0) is 4.74 Å². The van der Waals surface area contributed by atoms with Gasteiger partial charge in [0.2, 0.25) is 0 Å². The fourth-order valence-electron chi connectivity index (χ4n) is 3.96. The van der Waals surface area contributed by atoms with Crippen molar-refractivity contribution in [3.8, 4) is 5.75 Å². The smallest absolute Gasteiger partial charge is 0.169 e. The zero-order valence-electron chi connectivity index (χ0n) is 18.9. The molecule has 7 heteroatoms. The van der Waals surface area contributed by atoms with E-state index in [9.17, 15) is 4.79 Å². The number of nitrogens with zero attached hydrogens (tertiary/aromatic N) is 1. The molecule has 1 unspecified atom stereocenters. The van der Waals surface area contributed by atoms with Crippen molar-refractivity contribution in [2.24, 2.45) is 0 Å². The number of Topliss-reactive ketones (excluding diaryl/α,β-unsaturated/α-hetero) is 1. The van der Waals surface area contributed by atoms with Crippen LogP contribution in [0, 0.1) is 0 Å². The minimum Gasteiger partial charge on any atom is -0.490 e. The standard InChI is InChI=1S/C27H27ClN2O3S/c1-19(31)24-16-22(28)12-13-25(24)33-18-23-17-30(14-15-32-23)27(34)29-26(20-8-4-2-5-9-20)21-10-6-3-7-11-21/h2-13,16,23,26H,14-15,17-18H2,1H3,(H,29,34). The molecular formula is C27H27ClN2O3S. The van der Waals surface area contributed by atoms with Gasteiger partial charge in [-0.3, -0.25) is 4.79 Å². The van der Waals surface area contributed by atoms with E-state index in [1.807, 2.05) is 36.4 Å². The van der Waals surface area contributed by atoms with Gasteiger partial charge in [-0.2, -0.15) is 0 Å². The van der Waals surface area contributed by atoms with E-state index >= 15 is 0 Å². The van der Waals surface area contributed by atoms with Gasteiger partial charge in [0.1, 0.15) is 18.5 Å². The number of hydrogen-bond acceptors (Lipinski definition) is 4. The van der Waals surface area contributed by atoms with Crippen LogP contribution in [0.25, 0.3) is 0 Å². The summed E-state index contributed by atoms with van der Waals surface area (Å²) in [6, 6.07) is 25.5. The summed E-state index contributed by atoms with van der Waals surface area (Å²) >= 11 is 11.8. The van der Waals surface area contributed by atoms with Crippen molar-refractivity contribution in [3.05, 3.63) is 101 Å². The van der Waals surface area contributed by atoms with Crippen LogP contribution < -0.4 is 10.1 Å². The first-order valence-electron chi connectivity index (χ1n) is 11.2. The number of halogens is 1. The summed E-state index contributed by atoms with van der Waals surface area (Å²) in [5, 5.41) is 4.71. The van der Waals surface area contributed by atoms with E-state index in [0.717, 1.165) is 11.1 Å². The lowest BCUT2D eigenvalue weighted by atomic mass is 9.99. The molecule has 0 aromatic heterocycles. The molecule has 1 fully saturated rings. The normalized spacial score (nSPS) is 15.7. The maximum Gasteiger partial charge on any atom is 0.169 e. The summed E-state index contributed by atoms with van der Waals surface area (Å²) in [4.78, 5) is 14.1. The lowest BCUT2D eigenvalue weighted by Crippen LogP contribution is -2.51. The third-order valence-corrected chi connectivity index (χ3v) is 6.32. The zero-order valence-corrected chi connectivity index (χ0v) is 20.5. The molecule has 0 aliphatic carbocycles. The van der Waals surface area contributed by atoms with Gasteiger partial charge in [-0.25, -0.2) is 0 Å². The fourth-order valence-corrected chi connectivity index (χ4v) is 4.41. The van der Waals surface area contributed by atoms with Crippen molar-refractivity contribution in [1.82, 2.24) is 10.2 Å². The molecule has 1 atom stereocenters. The number of benzene rings is 3. The Hall–Kier alpha value is -2.93. The second-order valence-electron chi connectivity index (χ2n) is 8.15. The topological polar surface area (TPSA) is 50.8 Å².